The monoisotopic (exact) mass is 379 g/mol. The summed E-state index contributed by atoms with van der Waals surface area (Å²) in [5.74, 6) is 0.640. The maximum absolute atomic E-state index is 5.23. The Morgan fingerprint density at radius 3 is 2.72 bits per heavy atom. The molecule has 0 saturated carbocycles. The van der Waals surface area contributed by atoms with Crippen LogP contribution in [0.3, 0.4) is 0 Å². The molecule has 6 aromatic rings. The van der Waals surface area contributed by atoms with Gasteiger partial charge in [0, 0.05) is 40.7 Å². The number of nitrogens with one attached hydrogen (secondary N) is 2. The van der Waals surface area contributed by atoms with E-state index in [4.69, 9.17) is 4.42 Å². The normalized spacial score (nSPS) is 11.4. The van der Waals surface area contributed by atoms with E-state index in [0.29, 0.717) is 17.2 Å². The summed E-state index contributed by atoms with van der Waals surface area (Å²) in [6.45, 7) is 0. The fourth-order valence-electron chi connectivity index (χ4n) is 3.46. The van der Waals surface area contributed by atoms with E-state index in [1.807, 2.05) is 30.3 Å². The van der Waals surface area contributed by atoms with Crippen molar-refractivity contribution in [1.29, 1.82) is 0 Å². The van der Waals surface area contributed by atoms with Gasteiger partial charge in [0.2, 0.25) is 0 Å². The summed E-state index contributed by atoms with van der Waals surface area (Å²) in [7, 11) is 0. The largest absolute Gasteiger partial charge is 0.472 e. The predicted octanol–water partition coefficient (Wildman–Crippen LogP) is 4.22. The van der Waals surface area contributed by atoms with Crippen molar-refractivity contribution in [3.05, 3.63) is 67.6 Å². The molecule has 0 radical (unpaired) electrons. The Labute approximate surface area is 163 Å². The highest BCUT2D eigenvalue weighted by Gasteiger charge is 2.16. The average Bonchev–Trinajstić information content (AvgIpc) is 3.52. The van der Waals surface area contributed by atoms with Crippen molar-refractivity contribution in [2.24, 2.45) is 0 Å². The van der Waals surface area contributed by atoms with Crippen LogP contribution in [0.2, 0.25) is 0 Å². The standard InChI is InChI=1S/C21H13N7O/c1-5-22-6-2-12(1)16-9-15-17(10-24-16)27-28-19(15)21-25-18-14(13-4-8-29-11-13)3-7-23-20(18)26-21/h1-11H,(H,27,28)(H,23,25,26). The number of fused-ring (bicyclic) bond motifs is 2. The van der Waals surface area contributed by atoms with Gasteiger partial charge in [0.1, 0.15) is 5.69 Å². The molecule has 29 heavy (non-hydrogen) atoms. The van der Waals surface area contributed by atoms with Crippen LogP contribution in [-0.4, -0.2) is 35.1 Å². The van der Waals surface area contributed by atoms with Crippen molar-refractivity contribution in [1.82, 2.24) is 35.1 Å². The Morgan fingerprint density at radius 1 is 0.931 bits per heavy atom. The first-order chi connectivity index (χ1) is 14.4. The second-order valence-electron chi connectivity index (χ2n) is 6.58. The number of hydrogen-bond acceptors (Lipinski definition) is 6. The van der Waals surface area contributed by atoms with Gasteiger partial charge in [-0.2, -0.15) is 5.10 Å². The summed E-state index contributed by atoms with van der Waals surface area (Å²) < 4.78 is 5.23. The third-order valence-corrected chi connectivity index (χ3v) is 4.87. The van der Waals surface area contributed by atoms with E-state index < -0.39 is 0 Å². The second-order valence-corrected chi connectivity index (χ2v) is 6.58. The molecule has 8 heteroatoms. The van der Waals surface area contributed by atoms with E-state index in [1.165, 1.54) is 0 Å². The van der Waals surface area contributed by atoms with Gasteiger partial charge in [-0.3, -0.25) is 15.1 Å². The van der Waals surface area contributed by atoms with Crippen molar-refractivity contribution >= 4 is 22.1 Å². The number of H-pyrrole nitrogens is 2. The van der Waals surface area contributed by atoms with E-state index in [0.717, 1.165) is 38.8 Å². The molecule has 138 valence electrons. The van der Waals surface area contributed by atoms with Gasteiger partial charge in [0.25, 0.3) is 0 Å². The number of furan rings is 1. The number of rotatable bonds is 3. The van der Waals surface area contributed by atoms with Crippen LogP contribution in [0.1, 0.15) is 0 Å². The molecule has 0 aliphatic carbocycles. The van der Waals surface area contributed by atoms with Crippen LogP contribution < -0.4 is 0 Å². The molecule has 0 saturated heterocycles. The topological polar surface area (TPSA) is 109 Å². The Morgan fingerprint density at radius 2 is 1.86 bits per heavy atom. The molecule has 6 rings (SSSR count). The van der Waals surface area contributed by atoms with Gasteiger partial charge in [0.05, 0.1) is 35.5 Å². The molecule has 0 amide bonds. The smallest absolute Gasteiger partial charge is 0.178 e. The SMILES string of the molecule is c1cc(-c2cc3c(-c4nc5nccc(-c6ccoc6)c5[nH]4)n[nH]c3cn2)ccn1. The van der Waals surface area contributed by atoms with Crippen molar-refractivity contribution in [2.45, 2.75) is 0 Å². The van der Waals surface area contributed by atoms with Crippen molar-refractivity contribution in [3.8, 4) is 33.9 Å². The van der Waals surface area contributed by atoms with E-state index in [1.54, 1.807) is 37.3 Å². The second kappa shape index (κ2) is 6.10. The summed E-state index contributed by atoms with van der Waals surface area (Å²) in [6.07, 6.45) is 10.4. The number of aromatic nitrogens is 7. The fraction of sp³-hybridized carbons (Fsp3) is 0. The van der Waals surface area contributed by atoms with Gasteiger partial charge in [-0.05, 0) is 30.3 Å². The zero-order valence-corrected chi connectivity index (χ0v) is 15.0. The Bertz CT molecular complexity index is 1450. The van der Waals surface area contributed by atoms with Crippen LogP contribution in [0.5, 0.6) is 0 Å². The van der Waals surface area contributed by atoms with Gasteiger partial charge >= 0.3 is 0 Å². The predicted molar refractivity (Wildman–Crippen MR) is 108 cm³/mol. The van der Waals surface area contributed by atoms with Crippen LogP contribution in [-0.2, 0) is 0 Å². The minimum atomic E-state index is 0.623. The molecule has 0 aliphatic rings. The van der Waals surface area contributed by atoms with E-state index in [-0.39, 0.29) is 0 Å². The minimum Gasteiger partial charge on any atom is -0.472 e. The fourth-order valence-corrected chi connectivity index (χ4v) is 3.46. The molecular formula is C21H13N7O. The Balaban J connectivity index is 1.53. The van der Waals surface area contributed by atoms with Crippen LogP contribution in [0.15, 0.2) is 72.1 Å². The molecular weight excluding hydrogens is 366 g/mol. The summed E-state index contributed by atoms with van der Waals surface area (Å²) >= 11 is 0. The molecule has 0 aromatic carbocycles. The molecule has 0 unspecified atom stereocenters. The summed E-state index contributed by atoms with van der Waals surface area (Å²) in [4.78, 5) is 21.0. The lowest BCUT2D eigenvalue weighted by atomic mass is 10.1. The van der Waals surface area contributed by atoms with Crippen molar-refractivity contribution in [3.63, 3.8) is 0 Å². The number of aromatic amines is 2. The zero-order valence-electron chi connectivity index (χ0n) is 15.0. The lowest BCUT2D eigenvalue weighted by Crippen LogP contribution is -1.85. The number of hydrogen-bond donors (Lipinski definition) is 2. The third kappa shape index (κ3) is 2.50. The van der Waals surface area contributed by atoms with Crippen LogP contribution >= 0.6 is 0 Å². The first-order valence-electron chi connectivity index (χ1n) is 8.99. The Kier molecular flexibility index (Phi) is 3.30. The Hall–Kier alpha value is -4.33. The summed E-state index contributed by atoms with van der Waals surface area (Å²) in [5.41, 5.74) is 6.78. The first kappa shape index (κ1) is 15.7. The molecule has 0 bridgehead atoms. The highest BCUT2D eigenvalue weighted by atomic mass is 16.3. The number of nitrogens with zero attached hydrogens (tertiary/aromatic N) is 5. The van der Waals surface area contributed by atoms with Gasteiger partial charge in [-0.25, -0.2) is 9.97 Å². The maximum Gasteiger partial charge on any atom is 0.178 e. The molecule has 0 aliphatic heterocycles. The van der Waals surface area contributed by atoms with Gasteiger partial charge in [-0.1, -0.05) is 0 Å². The molecule has 8 nitrogen and oxygen atoms in total. The van der Waals surface area contributed by atoms with Crippen molar-refractivity contribution in [2.75, 3.05) is 0 Å². The van der Waals surface area contributed by atoms with E-state index >= 15 is 0 Å². The highest BCUT2D eigenvalue weighted by molar-refractivity contribution is 5.96. The highest BCUT2D eigenvalue weighted by Crippen LogP contribution is 2.31. The van der Waals surface area contributed by atoms with E-state index in [9.17, 15) is 0 Å². The quantitative estimate of drug-likeness (QED) is 0.476. The van der Waals surface area contributed by atoms with Crippen molar-refractivity contribution < 1.29 is 4.42 Å². The zero-order chi connectivity index (χ0) is 19.2. The summed E-state index contributed by atoms with van der Waals surface area (Å²) in [6, 6.07) is 9.70. The number of pyridine rings is 3. The summed E-state index contributed by atoms with van der Waals surface area (Å²) in [5, 5.41) is 8.43. The minimum absolute atomic E-state index is 0.623. The molecule has 0 spiro atoms. The lowest BCUT2D eigenvalue weighted by Gasteiger charge is -2.00. The van der Waals surface area contributed by atoms with E-state index in [2.05, 4.69) is 35.1 Å². The molecule has 0 fully saturated rings. The molecule has 0 atom stereocenters. The molecule has 6 heterocycles. The molecule has 2 N–H and O–H groups in total. The van der Waals surface area contributed by atoms with Gasteiger partial charge < -0.3 is 9.40 Å². The molecule has 6 aromatic heterocycles. The van der Waals surface area contributed by atoms with Gasteiger partial charge in [-0.15, -0.1) is 0 Å². The van der Waals surface area contributed by atoms with Crippen LogP contribution in [0, 0.1) is 0 Å². The van der Waals surface area contributed by atoms with Crippen LogP contribution in [0.25, 0.3) is 56.0 Å². The maximum atomic E-state index is 5.23. The third-order valence-electron chi connectivity index (χ3n) is 4.87. The lowest BCUT2D eigenvalue weighted by molar-refractivity contribution is 0.568. The average molecular weight is 379 g/mol. The first-order valence-corrected chi connectivity index (χ1v) is 8.99. The van der Waals surface area contributed by atoms with Gasteiger partial charge in [0.15, 0.2) is 11.5 Å². The number of imidazole rings is 1. The van der Waals surface area contributed by atoms with Crippen LogP contribution in [0.4, 0.5) is 0 Å².